The Hall–Kier alpha value is -2.22. The molecule has 0 spiro atoms. The third kappa shape index (κ3) is 4.12. The van der Waals surface area contributed by atoms with Crippen molar-refractivity contribution < 1.29 is 18.6 Å². The van der Waals surface area contributed by atoms with Crippen molar-refractivity contribution in [3.8, 4) is 5.75 Å². The van der Waals surface area contributed by atoms with Crippen molar-refractivity contribution in [3.05, 3.63) is 76.3 Å². The van der Waals surface area contributed by atoms with E-state index in [4.69, 9.17) is 27.9 Å². The van der Waals surface area contributed by atoms with Gasteiger partial charge >= 0.3 is 0 Å². The maximum atomic E-state index is 14.3. The first-order chi connectivity index (χ1) is 12.4. The van der Waals surface area contributed by atoms with Crippen molar-refractivity contribution in [2.24, 2.45) is 0 Å². The zero-order valence-corrected chi connectivity index (χ0v) is 14.8. The minimum Gasteiger partial charge on any atom is -0.489 e. The molecular formula is C17H13Cl2F2N3O2. The van der Waals surface area contributed by atoms with E-state index in [0.29, 0.717) is 11.1 Å². The van der Waals surface area contributed by atoms with Crippen LogP contribution in [0.15, 0.2) is 49.1 Å². The van der Waals surface area contributed by atoms with E-state index in [1.54, 1.807) is 6.07 Å². The highest BCUT2D eigenvalue weighted by atomic mass is 35.5. The van der Waals surface area contributed by atoms with Crippen LogP contribution in [-0.2, 0) is 12.1 Å². The number of aromatic nitrogens is 3. The number of halogens is 4. The van der Waals surface area contributed by atoms with Crippen LogP contribution in [0.1, 0.15) is 5.56 Å². The first-order valence-electron chi connectivity index (χ1n) is 7.45. The first-order valence-corrected chi connectivity index (χ1v) is 8.21. The Balaban J connectivity index is 1.92. The molecule has 1 heterocycles. The molecule has 0 aliphatic rings. The molecule has 0 fully saturated rings. The third-order valence-electron chi connectivity index (χ3n) is 3.68. The quantitative estimate of drug-likeness (QED) is 0.684. The largest absolute Gasteiger partial charge is 0.489 e. The molecule has 0 amide bonds. The Labute approximate surface area is 157 Å². The molecule has 9 heteroatoms. The van der Waals surface area contributed by atoms with Crippen molar-refractivity contribution in [1.29, 1.82) is 0 Å². The molecule has 0 aliphatic heterocycles. The van der Waals surface area contributed by atoms with Gasteiger partial charge in [0.15, 0.2) is 0 Å². The normalized spacial score (nSPS) is 13.4. The van der Waals surface area contributed by atoms with E-state index >= 15 is 0 Å². The van der Waals surface area contributed by atoms with Crippen LogP contribution < -0.4 is 4.74 Å². The highest BCUT2D eigenvalue weighted by molar-refractivity contribution is 6.35. The number of hydrogen-bond acceptors (Lipinski definition) is 4. The van der Waals surface area contributed by atoms with Gasteiger partial charge in [0.05, 0.1) is 11.6 Å². The van der Waals surface area contributed by atoms with E-state index in [1.807, 2.05) is 0 Å². The SMILES string of the molecule is OC(COc1ccc(Cl)cc1Cl)(Cn1cncn1)c1ccc(F)cc1F. The molecule has 1 unspecified atom stereocenters. The predicted octanol–water partition coefficient (Wildman–Crippen LogP) is 3.83. The van der Waals surface area contributed by atoms with Crippen LogP contribution in [-0.4, -0.2) is 26.5 Å². The van der Waals surface area contributed by atoms with Gasteiger partial charge in [-0.05, 0) is 24.3 Å². The fourth-order valence-corrected chi connectivity index (χ4v) is 2.91. The minimum absolute atomic E-state index is 0.139. The number of benzene rings is 2. The van der Waals surface area contributed by atoms with Crippen molar-refractivity contribution in [2.75, 3.05) is 6.61 Å². The molecule has 0 aliphatic carbocycles. The Kier molecular flexibility index (Phi) is 5.41. The van der Waals surface area contributed by atoms with Crippen LogP contribution in [0, 0.1) is 11.6 Å². The molecule has 3 aromatic rings. The Morgan fingerprint density at radius 3 is 2.62 bits per heavy atom. The molecule has 0 radical (unpaired) electrons. The van der Waals surface area contributed by atoms with E-state index in [9.17, 15) is 13.9 Å². The zero-order valence-electron chi connectivity index (χ0n) is 13.2. The van der Waals surface area contributed by atoms with E-state index < -0.39 is 17.2 Å². The Bertz CT molecular complexity index is 909. The number of nitrogens with zero attached hydrogens (tertiary/aromatic N) is 3. The van der Waals surface area contributed by atoms with E-state index in [0.717, 1.165) is 12.1 Å². The van der Waals surface area contributed by atoms with Crippen LogP contribution in [0.25, 0.3) is 0 Å². The monoisotopic (exact) mass is 399 g/mol. The van der Waals surface area contributed by atoms with E-state index in [2.05, 4.69) is 10.1 Å². The topological polar surface area (TPSA) is 60.2 Å². The summed E-state index contributed by atoms with van der Waals surface area (Å²) < 4.78 is 34.4. The van der Waals surface area contributed by atoms with Gasteiger partial charge in [0, 0.05) is 16.7 Å². The predicted molar refractivity (Wildman–Crippen MR) is 92.2 cm³/mol. The summed E-state index contributed by atoms with van der Waals surface area (Å²) in [4.78, 5) is 3.79. The molecule has 1 aromatic heterocycles. The van der Waals surface area contributed by atoms with Gasteiger partial charge in [-0.15, -0.1) is 0 Å². The summed E-state index contributed by atoms with van der Waals surface area (Å²) in [5, 5.41) is 15.7. The minimum atomic E-state index is -1.85. The maximum absolute atomic E-state index is 14.3. The first kappa shape index (κ1) is 18.6. The zero-order chi connectivity index (χ0) is 18.7. The lowest BCUT2D eigenvalue weighted by atomic mass is 9.94. The highest BCUT2D eigenvalue weighted by Crippen LogP contribution is 2.31. The standard InChI is InChI=1S/C17H13Cl2F2N3O2/c18-11-1-4-16(14(19)5-11)26-8-17(25,7-24-10-22-9-23-24)13-3-2-12(20)6-15(13)21/h1-6,9-10,25H,7-8H2. The second-order valence-corrected chi connectivity index (χ2v) is 6.46. The summed E-state index contributed by atoms with van der Waals surface area (Å²) in [5.74, 6) is -1.40. The number of aliphatic hydroxyl groups is 1. The molecule has 2 aromatic carbocycles. The second kappa shape index (κ2) is 7.57. The number of ether oxygens (including phenoxy) is 1. The lowest BCUT2D eigenvalue weighted by molar-refractivity contribution is -0.0297. The van der Waals surface area contributed by atoms with Gasteiger partial charge < -0.3 is 9.84 Å². The van der Waals surface area contributed by atoms with Crippen molar-refractivity contribution in [3.63, 3.8) is 0 Å². The van der Waals surface area contributed by atoms with Gasteiger partial charge in [0.25, 0.3) is 0 Å². The smallest absolute Gasteiger partial charge is 0.146 e. The molecule has 1 N–H and O–H groups in total. The Morgan fingerprint density at radius 1 is 1.15 bits per heavy atom. The van der Waals surface area contributed by atoms with Gasteiger partial charge in [0.2, 0.25) is 0 Å². The van der Waals surface area contributed by atoms with Crippen LogP contribution in [0.2, 0.25) is 10.0 Å². The fourth-order valence-electron chi connectivity index (χ4n) is 2.45. The Morgan fingerprint density at radius 2 is 1.96 bits per heavy atom. The summed E-state index contributed by atoms with van der Waals surface area (Å²) in [5.41, 5.74) is -1.99. The maximum Gasteiger partial charge on any atom is 0.146 e. The van der Waals surface area contributed by atoms with E-state index in [-0.39, 0.29) is 29.5 Å². The summed E-state index contributed by atoms with van der Waals surface area (Å²) in [7, 11) is 0. The molecule has 0 saturated carbocycles. The average Bonchev–Trinajstić information content (AvgIpc) is 3.06. The number of rotatable bonds is 6. The molecule has 0 bridgehead atoms. The summed E-state index contributed by atoms with van der Waals surface area (Å²) in [6.07, 6.45) is 2.64. The van der Waals surface area contributed by atoms with Crippen LogP contribution in [0.5, 0.6) is 5.75 Å². The van der Waals surface area contributed by atoms with Gasteiger partial charge in [-0.3, -0.25) is 0 Å². The van der Waals surface area contributed by atoms with Crippen LogP contribution in [0.4, 0.5) is 8.78 Å². The van der Waals surface area contributed by atoms with Gasteiger partial charge in [-0.2, -0.15) is 5.10 Å². The summed E-state index contributed by atoms with van der Waals surface area (Å²) in [6, 6.07) is 7.48. The van der Waals surface area contributed by atoms with Crippen LogP contribution in [0.3, 0.4) is 0 Å². The molecule has 26 heavy (non-hydrogen) atoms. The van der Waals surface area contributed by atoms with Crippen LogP contribution >= 0.6 is 23.2 Å². The van der Waals surface area contributed by atoms with Gasteiger partial charge in [0.1, 0.15) is 42.2 Å². The number of hydrogen-bond donors (Lipinski definition) is 1. The lowest BCUT2D eigenvalue weighted by Crippen LogP contribution is -2.39. The summed E-state index contributed by atoms with van der Waals surface area (Å²) in [6.45, 7) is -0.530. The van der Waals surface area contributed by atoms with Crippen molar-refractivity contribution in [2.45, 2.75) is 12.1 Å². The molecular weight excluding hydrogens is 387 g/mol. The highest BCUT2D eigenvalue weighted by Gasteiger charge is 2.35. The van der Waals surface area contributed by atoms with Crippen molar-refractivity contribution >= 4 is 23.2 Å². The summed E-state index contributed by atoms with van der Waals surface area (Å²) >= 11 is 11.9. The van der Waals surface area contributed by atoms with Gasteiger partial charge in [-0.25, -0.2) is 18.4 Å². The van der Waals surface area contributed by atoms with Gasteiger partial charge in [-0.1, -0.05) is 29.3 Å². The molecule has 0 saturated heterocycles. The molecule has 5 nitrogen and oxygen atoms in total. The third-order valence-corrected chi connectivity index (χ3v) is 4.21. The van der Waals surface area contributed by atoms with Crippen molar-refractivity contribution in [1.82, 2.24) is 14.8 Å². The molecule has 1 atom stereocenters. The molecule has 136 valence electrons. The second-order valence-electron chi connectivity index (χ2n) is 5.61. The van der Waals surface area contributed by atoms with E-state index in [1.165, 1.54) is 29.5 Å². The lowest BCUT2D eigenvalue weighted by Gasteiger charge is -2.29. The average molecular weight is 400 g/mol. The molecule has 3 rings (SSSR count). The fraction of sp³-hybridized carbons (Fsp3) is 0.176.